The number of nitrogen functional groups attached to an aromatic ring is 1. The van der Waals surface area contributed by atoms with Crippen LogP contribution in [0.3, 0.4) is 0 Å². The van der Waals surface area contributed by atoms with Crippen LogP contribution in [0.15, 0.2) is 33.4 Å². The van der Waals surface area contributed by atoms with Gasteiger partial charge < -0.3 is 0 Å². The van der Waals surface area contributed by atoms with E-state index in [1.165, 1.54) is 26.0 Å². The molecule has 0 amide bonds. The van der Waals surface area contributed by atoms with Gasteiger partial charge in [0.05, 0.1) is 0 Å². The fourth-order valence-corrected chi connectivity index (χ4v) is 7.18. The standard InChI is InChI=1S/C22H24IN9O2.2C3H8/c1-13(33)15-10-25-29(12-15)8-9-30-19-17(31(22(30)34)11-14-5-6-14)20-26-18(16-4-3-7-23(16)2)28-32(20)21(24)27-19;2*1-3-2/h3-4,7,10,12,14H,5-6,8-9,11H2,1-2H3,(H2,24,27);2*3H2,1-2H3. The maximum Gasteiger partial charge on any atom is -0.0590 e. The Kier molecular flexibility index (Phi) is 9.59. The number of carbonyl (C=O) groups is 1. The first-order valence-corrected chi connectivity index (χ1v) is 18.4. The number of ketones is 1. The van der Waals surface area contributed by atoms with Crippen LogP contribution in [0.5, 0.6) is 0 Å². The molecule has 5 heterocycles. The molecule has 0 radical (unpaired) electrons. The van der Waals surface area contributed by atoms with Gasteiger partial charge in [-0.05, 0) is 6.92 Å². The number of carbonyl (C=O) groups excluding carboxylic acids is 1. The van der Waals surface area contributed by atoms with Crippen LogP contribution < -0.4 is 11.4 Å². The number of rotatable bonds is 7. The molecule has 1 fully saturated rings. The van der Waals surface area contributed by atoms with Crippen molar-refractivity contribution < 1.29 is 4.79 Å². The van der Waals surface area contributed by atoms with Gasteiger partial charge in [0.1, 0.15) is 0 Å². The summed E-state index contributed by atoms with van der Waals surface area (Å²) in [5.41, 5.74) is 8.42. The Labute approximate surface area is 241 Å². The van der Waals surface area contributed by atoms with Gasteiger partial charge >= 0.3 is 184 Å². The average Bonchev–Trinajstić information content (AvgIpc) is 3.24. The largest absolute Gasteiger partial charge is 0.0656 e. The summed E-state index contributed by atoms with van der Waals surface area (Å²) >= 11 is -1.42. The molecule has 11 nitrogen and oxygen atoms in total. The van der Waals surface area contributed by atoms with Crippen LogP contribution in [0.25, 0.3) is 20.4 Å². The number of nitrogens with zero attached hydrogens (tertiary/aromatic N) is 8. The third kappa shape index (κ3) is 6.21. The van der Waals surface area contributed by atoms with Crippen LogP contribution in [-0.2, 0) is 19.6 Å². The first kappa shape index (κ1) is 29.7. The number of alkyl halides is 1. The van der Waals surface area contributed by atoms with Crippen LogP contribution >= 0.6 is 19.8 Å². The zero-order chi connectivity index (χ0) is 29.0. The van der Waals surface area contributed by atoms with Gasteiger partial charge in [-0.2, -0.15) is 0 Å². The van der Waals surface area contributed by atoms with Crippen molar-refractivity contribution in [2.75, 3.05) is 10.7 Å². The molecule has 2 N–H and O–H groups in total. The number of anilines is 1. The third-order valence-corrected chi connectivity index (χ3v) is 10.4. The zero-order valence-electron chi connectivity index (χ0n) is 24.3. The van der Waals surface area contributed by atoms with Gasteiger partial charge in [0.2, 0.25) is 0 Å². The van der Waals surface area contributed by atoms with E-state index in [9.17, 15) is 9.59 Å². The number of Topliss-reactive ketones (excluding diaryl/α,β-unsaturated/α-hetero) is 1. The van der Waals surface area contributed by atoms with Crippen molar-refractivity contribution in [2.24, 2.45) is 5.92 Å². The number of fused-ring (bicyclic) bond motifs is 3. The Hall–Kier alpha value is -3.29. The van der Waals surface area contributed by atoms with E-state index in [0.717, 1.165) is 16.4 Å². The third-order valence-electron chi connectivity index (χ3n) is 6.22. The molecule has 6 rings (SSSR count). The van der Waals surface area contributed by atoms with Gasteiger partial charge in [-0.3, -0.25) is 4.79 Å². The second-order valence-corrected chi connectivity index (χ2v) is 14.9. The fourth-order valence-electron chi connectivity index (χ4n) is 4.20. The summed E-state index contributed by atoms with van der Waals surface area (Å²) in [5.74, 6) is 1.29. The van der Waals surface area contributed by atoms with Crippen molar-refractivity contribution in [1.29, 1.82) is 0 Å². The molecule has 4 aromatic heterocycles. The van der Waals surface area contributed by atoms with Crippen LogP contribution in [0.2, 0.25) is 0 Å². The molecule has 1 saturated carbocycles. The van der Waals surface area contributed by atoms with E-state index in [0.29, 0.717) is 53.8 Å². The Morgan fingerprint density at radius 1 is 1.07 bits per heavy atom. The van der Waals surface area contributed by atoms with E-state index in [-0.39, 0.29) is 17.4 Å². The minimum absolute atomic E-state index is 0.0470. The van der Waals surface area contributed by atoms with Crippen LogP contribution in [0.1, 0.15) is 76.5 Å². The summed E-state index contributed by atoms with van der Waals surface area (Å²) < 4.78 is 10.0. The number of imidazole rings is 1. The number of hydrogen-bond donors (Lipinski definition) is 1. The van der Waals surface area contributed by atoms with Crippen LogP contribution in [0, 0.1) is 5.92 Å². The second kappa shape index (κ2) is 12.9. The van der Waals surface area contributed by atoms with Gasteiger partial charge in [0.25, 0.3) is 0 Å². The Morgan fingerprint density at radius 3 is 2.35 bits per heavy atom. The van der Waals surface area contributed by atoms with Gasteiger partial charge in [-0.15, -0.1) is 0 Å². The zero-order valence-corrected chi connectivity index (χ0v) is 26.4. The van der Waals surface area contributed by atoms with Gasteiger partial charge in [-0.1, -0.05) is 40.5 Å². The van der Waals surface area contributed by atoms with E-state index >= 15 is 0 Å². The summed E-state index contributed by atoms with van der Waals surface area (Å²) in [6.07, 6.45) is 12.1. The second-order valence-electron chi connectivity index (χ2n) is 10.1. The molecule has 1 aliphatic heterocycles. The SMILES string of the molecule is CC(=O)c1cnn(CCn2c(=O)n(CC3CC3)c3c2nc(N)n2nc(C4=CC=CI4C)nc32)c1.CCC.CCC. The van der Waals surface area contributed by atoms with E-state index in [2.05, 4.69) is 64.0 Å². The maximum absolute atomic E-state index is 13.5. The van der Waals surface area contributed by atoms with Gasteiger partial charge in [0, 0.05) is 0 Å². The molecular formula is C28H40IN9O2. The molecule has 0 unspecified atom stereocenters. The summed E-state index contributed by atoms with van der Waals surface area (Å²) in [6.45, 7) is 11.4. The normalized spacial score (nSPS) is 15.2. The Morgan fingerprint density at radius 2 is 1.77 bits per heavy atom. The first-order valence-electron chi connectivity index (χ1n) is 13.9. The molecule has 216 valence electrons. The molecule has 4 aromatic rings. The predicted molar refractivity (Wildman–Crippen MR) is 169 cm³/mol. The molecular weight excluding hydrogens is 621 g/mol. The van der Waals surface area contributed by atoms with Crippen molar-refractivity contribution in [1.82, 2.24) is 38.5 Å². The number of halogens is 1. The predicted octanol–water partition coefficient (Wildman–Crippen LogP) is 5.17. The summed E-state index contributed by atoms with van der Waals surface area (Å²) in [7, 11) is 0. The maximum atomic E-state index is 13.5. The van der Waals surface area contributed by atoms with Crippen molar-refractivity contribution in [3.05, 3.63) is 50.5 Å². The monoisotopic (exact) mass is 661 g/mol. The summed E-state index contributed by atoms with van der Waals surface area (Å²) in [6, 6.07) is 0. The molecule has 12 heteroatoms. The van der Waals surface area contributed by atoms with E-state index in [1.54, 1.807) is 24.5 Å². The van der Waals surface area contributed by atoms with Crippen molar-refractivity contribution in [3.8, 4) is 0 Å². The quantitative estimate of drug-likeness (QED) is 0.164. The first-order chi connectivity index (χ1) is 19.2. The van der Waals surface area contributed by atoms with E-state index in [4.69, 9.17) is 10.7 Å². The molecule has 1 aliphatic carbocycles. The van der Waals surface area contributed by atoms with Crippen LogP contribution in [0.4, 0.5) is 5.95 Å². The molecule has 0 aromatic carbocycles. The molecule has 40 heavy (non-hydrogen) atoms. The molecule has 0 atom stereocenters. The minimum Gasteiger partial charge on any atom is -0.0656 e. The van der Waals surface area contributed by atoms with Crippen LogP contribution in [-0.4, -0.2) is 49.2 Å². The number of hydrogen-bond acceptors (Lipinski definition) is 7. The summed E-state index contributed by atoms with van der Waals surface area (Å²) in [4.78, 5) is 36.8. The van der Waals surface area contributed by atoms with Gasteiger partial charge in [0.15, 0.2) is 5.78 Å². The Balaban J connectivity index is 0.000000568. The number of allylic oxidation sites excluding steroid dienone is 2. The van der Waals surface area contributed by atoms with Crippen molar-refractivity contribution >= 4 is 51.9 Å². The number of nitrogens with two attached hydrogens (primary N) is 1. The average molecular weight is 662 g/mol. The summed E-state index contributed by atoms with van der Waals surface area (Å²) in [5, 5.41) is 8.90. The molecule has 0 saturated heterocycles. The molecule has 0 spiro atoms. The molecule has 0 bridgehead atoms. The topological polar surface area (TPSA) is 131 Å². The van der Waals surface area contributed by atoms with Gasteiger partial charge in [-0.25, -0.2) is 0 Å². The van der Waals surface area contributed by atoms with E-state index in [1.807, 2.05) is 0 Å². The number of aryl methyl sites for hydroxylation is 2. The fraction of sp³-hybridized carbons (Fsp3) is 0.500. The van der Waals surface area contributed by atoms with Crippen molar-refractivity contribution in [2.45, 2.75) is 79.9 Å². The molecule has 2 aliphatic rings. The Bertz CT molecular complexity index is 1620. The van der Waals surface area contributed by atoms with E-state index < -0.39 is 19.8 Å². The smallest absolute Gasteiger partial charge is 0.0590 e. The minimum atomic E-state index is -1.42. The van der Waals surface area contributed by atoms with Crippen molar-refractivity contribution in [3.63, 3.8) is 0 Å². The number of aromatic nitrogens is 8.